The Morgan fingerprint density at radius 1 is 0.938 bits per heavy atom. The summed E-state index contributed by atoms with van der Waals surface area (Å²) in [6.07, 6.45) is 3.53. The van der Waals surface area contributed by atoms with E-state index in [1.54, 1.807) is 6.92 Å². The first-order valence-electron chi connectivity index (χ1n) is 11.0. The van der Waals surface area contributed by atoms with Gasteiger partial charge in [0.1, 0.15) is 23.9 Å². The number of ether oxygens (including phenoxy) is 4. The van der Waals surface area contributed by atoms with Crippen molar-refractivity contribution < 1.29 is 28.8 Å². The molecule has 32 heavy (non-hydrogen) atoms. The molecule has 1 atom stereocenters. The lowest BCUT2D eigenvalue weighted by atomic mass is 10.1. The summed E-state index contributed by atoms with van der Waals surface area (Å²) in [7, 11) is 0. The van der Waals surface area contributed by atoms with E-state index in [2.05, 4.69) is 0 Å². The SMILES string of the molecule is CCOC(Cc1ccc(OCC=Cc2cc(OC(C)C)cc(OC(C)C)c2)cc1)C(=O)O. The van der Waals surface area contributed by atoms with Crippen molar-refractivity contribution in [1.29, 1.82) is 0 Å². The van der Waals surface area contributed by atoms with Crippen LogP contribution in [0, 0.1) is 0 Å². The average molecular weight is 443 g/mol. The van der Waals surface area contributed by atoms with E-state index in [1.165, 1.54) is 0 Å². The van der Waals surface area contributed by atoms with Gasteiger partial charge in [-0.2, -0.15) is 0 Å². The zero-order valence-electron chi connectivity index (χ0n) is 19.5. The number of hydrogen-bond donors (Lipinski definition) is 1. The minimum atomic E-state index is -0.956. The summed E-state index contributed by atoms with van der Waals surface area (Å²) in [5, 5.41) is 9.20. The molecule has 174 valence electrons. The molecule has 0 radical (unpaired) electrons. The summed E-state index contributed by atoms with van der Waals surface area (Å²) >= 11 is 0. The molecule has 2 rings (SSSR count). The molecule has 0 saturated heterocycles. The zero-order valence-corrected chi connectivity index (χ0v) is 19.5. The fourth-order valence-corrected chi connectivity index (χ4v) is 3.05. The standard InChI is InChI=1S/C26H34O6/c1-6-29-25(26(27)28)16-20-9-11-22(12-10-20)30-13-7-8-21-14-23(31-18(2)3)17-24(15-21)32-19(4)5/h7-12,14-15,17-19,25H,6,13,16H2,1-5H3,(H,27,28). The predicted molar refractivity (Wildman–Crippen MR) is 126 cm³/mol. The molecule has 0 spiro atoms. The molecule has 0 aliphatic heterocycles. The van der Waals surface area contributed by atoms with Crippen molar-refractivity contribution in [3.8, 4) is 17.2 Å². The number of hydrogen-bond acceptors (Lipinski definition) is 5. The lowest BCUT2D eigenvalue weighted by Gasteiger charge is -2.15. The van der Waals surface area contributed by atoms with Crippen molar-refractivity contribution >= 4 is 12.0 Å². The van der Waals surface area contributed by atoms with E-state index in [-0.39, 0.29) is 12.2 Å². The quantitative estimate of drug-likeness (QED) is 0.449. The summed E-state index contributed by atoms with van der Waals surface area (Å²) < 4.78 is 22.7. The monoisotopic (exact) mass is 442 g/mol. The third-order valence-electron chi connectivity index (χ3n) is 4.29. The highest BCUT2D eigenvalue weighted by Crippen LogP contribution is 2.25. The summed E-state index contributed by atoms with van der Waals surface area (Å²) in [4.78, 5) is 11.2. The third kappa shape index (κ3) is 9.02. The predicted octanol–water partition coefficient (Wildman–Crippen LogP) is 5.39. The van der Waals surface area contributed by atoms with Gasteiger partial charge >= 0.3 is 5.97 Å². The molecule has 0 amide bonds. The number of benzene rings is 2. The van der Waals surface area contributed by atoms with Gasteiger partial charge in [-0.25, -0.2) is 4.79 Å². The first-order valence-corrected chi connectivity index (χ1v) is 11.0. The maximum Gasteiger partial charge on any atom is 0.333 e. The van der Waals surface area contributed by atoms with Crippen molar-refractivity contribution in [3.63, 3.8) is 0 Å². The van der Waals surface area contributed by atoms with Crippen LogP contribution in [0.4, 0.5) is 0 Å². The Balaban J connectivity index is 1.96. The second-order valence-electron chi connectivity index (χ2n) is 7.91. The third-order valence-corrected chi connectivity index (χ3v) is 4.29. The first kappa shape index (κ1) is 25.3. The number of carboxylic acids is 1. The van der Waals surface area contributed by atoms with Gasteiger partial charge in [-0.3, -0.25) is 0 Å². The first-order chi connectivity index (χ1) is 15.3. The van der Waals surface area contributed by atoms with Crippen molar-refractivity contribution in [2.75, 3.05) is 13.2 Å². The molecule has 6 heteroatoms. The minimum absolute atomic E-state index is 0.0757. The molecular formula is C26H34O6. The van der Waals surface area contributed by atoms with Gasteiger partial charge in [-0.15, -0.1) is 0 Å². The molecule has 2 aromatic rings. The summed E-state index contributed by atoms with van der Waals surface area (Å²) in [5.74, 6) is 1.28. The molecule has 0 aromatic heterocycles. The highest BCUT2D eigenvalue weighted by Gasteiger charge is 2.17. The van der Waals surface area contributed by atoms with Crippen LogP contribution in [0.1, 0.15) is 45.7 Å². The van der Waals surface area contributed by atoms with Gasteiger partial charge in [-0.05, 0) is 76.1 Å². The second kappa shape index (κ2) is 12.8. The van der Waals surface area contributed by atoms with Crippen LogP contribution in [0.5, 0.6) is 17.2 Å². The van der Waals surface area contributed by atoms with Gasteiger partial charge < -0.3 is 24.1 Å². The van der Waals surface area contributed by atoms with Gasteiger partial charge in [0.15, 0.2) is 6.10 Å². The molecule has 0 saturated carbocycles. The largest absolute Gasteiger partial charge is 0.491 e. The van der Waals surface area contributed by atoms with Crippen molar-refractivity contribution in [3.05, 3.63) is 59.7 Å². The molecule has 0 heterocycles. The van der Waals surface area contributed by atoms with Crippen LogP contribution in [0.25, 0.3) is 6.08 Å². The van der Waals surface area contributed by atoms with E-state index in [0.29, 0.717) is 25.4 Å². The lowest BCUT2D eigenvalue weighted by molar-refractivity contribution is -0.149. The van der Waals surface area contributed by atoms with E-state index in [0.717, 1.165) is 22.6 Å². The smallest absolute Gasteiger partial charge is 0.333 e. The van der Waals surface area contributed by atoms with E-state index < -0.39 is 12.1 Å². The number of rotatable bonds is 13. The van der Waals surface area contributed by atoms with Crippen LogP contribution in [-0.4, -0.2) is 42.6 Å². The van der Waals surface area contributed by atoms with Gasteiger partial charge in [0, 0.05) is 19.1 Å². The van der Waals surface area contributed by atoms with Crippen LogP contribution in [0.3, 0.4) is 0 Å². The maximum atomic E-state index is 11.2. The van der Waals surface area contributed by atoms with Gasteiger partial charge in [0.2, 0.25) is 0 Å². The summed E-state index contributed by atoms with van der Waals surface area (Å²) in [6.45, 7) is 10.5. The summed E-state index contributed by atoms with van der Waals surface area (Å²) in [5.41, 5.74) is 1.85. The molecule has 1 unspecified atom stereocenters. The molecule has 2 aromatic carbocycles. The Bertz CT molecular complexity index is 842. The number of aliphatic carboxylic acids is 1. The normalized spacial score (nSPS) is 12.3. The second-order valence-corrected chi connectivity index (χ2v) is 7.91. The van der Waals surface area contributed by atoms with Crippen LogP contribution < -0.4 is 14.2 Å². The molecule has 0 fully saturated rings. The highest BCUT2D eigenvalue weighted by atomic mass is 16.5. The lowest BCUT2D eigenvalue weighted by Crippen LogP contribution is -2.26. The van der Waals surface area contributed by atoms with Crippen molar-refractivity contribution in [1.82, 2.24) is 0 Å². The van der Waals surface area contributed by atoms with Crippen LogP contribution in [0.2, 0.25) is 0 Å². The Kier molecular flexibility index (Phi) is 10.1. The van der Waals surface area contributed by atoms with Crippen LogP contribution >= 0.6 is 0 Å². The molecule has 6 nitrogen and oxygen atoms in total. The Morgan fingerprint density at radius 3 is 2.03 bits per heavy atom. The number of carboxylic acid groups (broad SMARTS) is 1. The van der Waals surface area contributed by atoms with E-state index in [4.69, 9.17) is 18.9 Å². The zero-order chi connectivity index (χ0) is 23.5. The topological polar surface area (TPSA) is 74.2 Å². The van der Waals surface area contributed by atoms with E-state index in [9.17, 15) is 9.90 Å². The molecule has 0 bridgehead atoms. The van der Waals surface area contributed by atoms with Gasteiger partial charge in [0.25, 0.3) is 0 Å². The fraction of sp³-hybridized carbons (Fsp3) is 0.423. The maximum absolute atomic E-state index is 11.2. The van der Waals surface area contributed by atoms with Gasteiger partial charge in [0.05, 0.1) is 12.2 Å². The Morgan fingerprint density at radius 2 is 1.53 bits per heavy atom. The molecule has 0 aliphatic carbocycles. The Labute approximate surface area is 190 Å². The summed E-state index contributed by atoms with van der Waals surface area (Å²) in [6, 6.07) is 13.2. The highest BCUT2D eigenvalue weighted by molar-refractivity contribution is 5.72. The average Bonchev–Trinajstić information content (AvgIpc) is 2.71. The molecule has 1 N–H and O–H groups in total. The molecular weight excluding hydrogens is 408 g/mol. The number of carbonyl (C=O) groups is 1. The van der Waals surface area contributed by atoms with Crippen LogP contribution in [0.15, 0.2) is 48.5 Å². The Hall–Kier alpha value is -2.99. The van der Waals surface area contributed by atoms with E-state index in [1.807, 2.05) is 82.3 Å². The minimum Gasteiger partial charge on any atom is -0.491 e. The van der Waals surface area contributed by atoms with Crippen LogP contribution in [-0.2, 0) is 16.0 Å². The van der Waals surface area contributed by atoms with Crippen molar-refractivity contribution in [2.24, 2.45) is 0 Å². The van der Waals surface area contributed by atoms with Crippen molar-refractivity contribution in [2.45, 2.75) is 59.4 Å². The van der Waals surface area contributed by atoms with Gasteiger partial charge in [-0.1, -0.05) is 18.2 Å². The molecule has 0 aliphatic rings. The van der Waals surface area contributed by atoms with E-state index >= 15 is 0 Å². The fourth-order valence-electron chi connectivity index (χ4n) is 3.05.